The molecule has 2 heterocycles. The number of pyridine rings is 1. The molecule has 1 N–H and O–H groups in total. The maximum absolute atomic E-state index is 12.8. The van der Waals surface area contributed by atoms with Crippen LogP contribution in [0.5, 0.6) is 11.6 Å². The molecule has 0 bridgehead atoms. The molecule has 5 nitrogen and oxygen atoms in total. The van der Waals surface area contributed by atoms with Crippen LogP contribution in [0.4, 0.5) is 4.39 Å². The van der Waals surface area contributed by atoms with E-state index in [1.54, 1.807) is 42.8 Å². The van der Waals surface area contributed by atoms with E-state index >= 15 is 0 Å². The smallest absolute Gasteiger partial charge is 0.244 e. The number of ether oxygens (including phenoxy) is 1. The minimum Gasteiger partial charge on any atom is -0.465 e. The molecular weight excluding hydrogens is 323 g/mol. The van der Waals surface area contributed by atoms with Crippen LogP contribution in [0.15, 0.2) is 71.5 Å². The van der Waals surface area contributed by atoms with E-state index in [0.29, 0.717) is 23.9 Å². The lowest BCUT2D eigenvalue weighted by atomic mass is 10.3. The summed E-state index contributed by atoms with van der Waals surface area (Å²) in [5, 5.41) is 2.75. The molecule has 3 aromatic rings. The van der Waals surface area contributed by atoms with Gasteiger partial charge in [0.15, 0.2) is 0 Å². The van der Waals surface area contributed by atoms with Crippen LogP contribution in [0.2, 0.25) is 0 Å². The summed E-state index contributed by atoms with van der Waals surface area (Å²) in [6.07, 6.45) is 6.14. The molecule has 126 valence electrons. The molecule has 0 atom stereocenters. The van der Waals surface area contributed by atoms with E-state index in [1.807, 2.05) is 0 Å². The topological polar surface area (TPSA) is 64.4 Å². The van der Waals surface area contributed by atoms with E-state index in [1.165, 1.54) is 30.3 Å². The summed E-state index contributed by atoms with van der Waals surface area (Å²) in [6.45, 7) is 0.338. The van der Waals surface area contributed by atoms with E-state index in [9.17, 15) is 9.18 Å². The summed E-state index contributed by atoms with van der Waals surface area (Å²) in [6, 6.07) is 12.7. The predicted molar refractivity (Wildman–Crippen MR) is 90.3 cm³/mol. The largest absolute Gasteiger partial charge is 0.465 e. The van der Waals surface area contributed by atoms with Crippen LogP contribution in [-0.4, -0.2) is 10.9 Å². The van der Waals surface area contributed by atoms with E-state index in [0.717, 1.165) is 5.56 Å². The summed E-state index contributed by atoms with van der Waals surface area (Å²) >= 11 is 0. The molecule has 0 radical (unpaired) electrons. The van der Waals surface area contributed by atoms with Gasteiger partial charge >= 0.3 is 0 Å². The van der Waals surface area contributed by atoms with Gasteiger partial charge in [-0.15, -0.1) is 0 Å². The summed E-state index contributed by atoms with van der Waals surface area (Å²) in [5.74, 6) is 0.937. The van der Waals surface area contributed by atoms with Crippen LogP contribution >= 0.6 is 0 Å². The second kappa shape index (κ2) is 7.92. The van der Waals surface area contributed by atoms with Crippen LogP contribution in [0, 0.1) is 5.82 Å². The molecule has 0 aliphatic rings. The molecule has 6 heteroatoms. The average molecular weight is 338 g/mol. The molecule has 3 rings (SSSR count). The van der Waals surface area contributed by atoms with Crippen molar-refractivity contribution in [2.45, 2.75) is 6.54 Å². The number of hydrogen-bond acceptors (Lipinski definition) is 4. The number of nitrogens with one attached hydrogen (secondary N) is 1. The fourth-order valence-corrected chi connectivity index (χ4v) is 1.99. The minimum absolute atomic E-state index is 0.233. The first-order valence-electron chi connectivity index (χ1n) is 7.57. The van der Waals surface area contributed by atoms with Crippen LogP contribution in [0.1, 0.15) is 11.3 Å². The molecule has 1 amide bonds. The summed E-state index contributed by atoms with van der Waals surface area (Å²) in [7, 11) is 0. The Bertz CT molecular complexity index is 841. The Labute approximate surface area is 143 Å². The van der Waals surface area contributed by atoms with Crippen molar-refractivity contribution >= 4 is 12.0 Å². The van der Waals surface area contributed by atoms with Gasteiger partial charge in [-0.2, -0.15) is 0 Å². The molecular formula is C19H15FN2O3. The number of carbonyl (C=O) groups is 1. The van der Waals surface area contributed by atoms with Gasteiger partial charge < -0.3 is 14.5 Å². The Kier molecular flexibility index (Phi) is 5.21. The predicted octanol–water partition coefficient (Wildman–Crippen LogP) is 3.94. The van der Waals surface area contributed by atoms with Gasteiger partial charge in [0.05, 0.1) is 6.26 Å². The fourth-order valence-electron chi connectivity index (χ4n) is 1.99. The third-order valence-corrected chi connectivity index (χ3v) is 3.24. The van der Waals surface area contributed by atoms with Crippen LogP contribution in [-0.2, 0) is 11.3 Å². The second-order valence-corrected chi connectivity index (χ2v) is 5.13. The highest BCUT2D eigenvalue weighted by Crippen LogP contribution is 2.19. The summed E-state index contributed by atoms with van der Waals surface area (Å²) in [5.41, 5.74) is 0.825. The first kappa shape index (κ1) is 16.4. The van der Waals surface area contributed by atoms with E-state index in [-0.39, 0.29) is 11.7 Å². The average Bonchev–Trinajstić information content (AvgIpc) is 3.15. The molecule has 0 unspecified atom stereocenters. The molecule has 0 aliphatic heterocycles. The van der Waals surface area contributed by atoms with Crippen molar-refractivity contribution in [3.8, 4) is 11.6 Å². The minimum atomic E-state index is -0.326. The number of aromatic nitrogens is 1. The van der Waals surface area contributed by atoms with Gasteiger partial charge in [-0.05, 0) is 48.0 Å². The van der Waals surface area contributed by atoms with E-state index < -0.39 is 0 Å². The molecule has 0 saturated heterocycles. The fraction of sp³-hybridized carbons (Fsp3) is 0.0526. The maximum atomic E-state index is 12.8. The third kappa shape index (κ3) is 5.04. The molecule has 25 heavy (non-hydrogen) atoms. The van der Waals surface area contributed by atoms with Gasteiger partial charge in [-0.25, -0.2) is 9.37 Å². The van der Waals surface area contributed by atoms with E-state index in [4.69, 9.17) is 9.15 Å². The van der Waals surface area contributed by atoms with Crippen molar-refractivity contribution in [2.75, 3.05) is 0 Å². The number of benzene rings is 1. The van der Waals surface area contributed by atoms with Crippen LogP contribution in [0.25, 0.3) is 6.08 Å². The number of hydrogen-bond donors (Lipinski definition) is 1. The van der Waals surface area contributed by atoms with Crippen LogP contribution in [0.3, 0.4) is 0 Å². The van der Waals surface area contributed by atoms with Gasteiger partial charge in [-0.3, -0.25) is 4.79 Å². The summed E-state index contributed by atoms with van der Waals surface area (Å²) < 4.78 is 23.5. The normalized spacial score (nSPS) is 10.8. The molecule has 0 fully saturated rings. The highest BCUT2D eigenvalue weighted by molar-refractivity contribution is 5.91. The second-order valence-electron chi connectivity index (χ2n) is 5.13. The first-order chi connectivity index (χ1) is 12.2. The van der Waals surface area contributed by atoms with Crippen molar-refractivity contribution in [1.82, 2.24) is 10.3 Å². The van der Waals surface area contributed by atoms with Gasteiger partial charge in [0.1, 0.15) is 17.3 Å². The van der Waals surface area contributed by atoms with Gasteiger partial charge in [0.25, 0.3) is 0 Å². The van der Waals surface area contributed by atoms with Gasteiger partial charge in [0.2, 0.25) is 11.8 Å². The third-order valence-electron chi connectivity index (χ3n) is 3.24. The Morgan fingerprint density at radius 3 is 2.72 bits per heavy atom. The standard InChI is InChI=1S/C19H15FN2O3/c20-15-4-6-17(7-5-15)25-19-10-3-14(13-22-19)12-21-18(23)9-8-16-2-1-11-24-16/h1-11,13H,12H2,(H,21,23)/b9-8+. The van der Waals surface area contributed by atoms with Crippen molar-refractivity contribution in [3.63, 3.8) is 0 Å². The Morgan fingerprint density at radius 1 is 1.20 bits per heavy atom. The number of carbonyl (C=O) groups excluding carboxylic acids is 1. The quantitative estimate of drug-likeness (QED) is 0.692. The van der Waals surface area contributed by atoms with Crippen molar-refractivity contribution in [2.24, 2.45) is 0 Å². The van der Waals surface area contributed by atoms with Crippen molar-refractivity contribution in [1.29, 1.82) is 0 Å². The van der Waals surface area contributed by atoms with E-state index in [2.05, 4.69) is 10.3 Å². The van der Waals surface area contributed by atoms with Gasteiger partial charge in [-0.1, -0.05) is 6.07 Å². The Morgan fingerprint density at radius 2 is 2.04 bits per heavy atom. The monoisotopic (exact) mass is 338 g/mol. The Hall–Kier alpha value is -3.41. The number of rotatable bonds is 6. The van der Waals surface area contributed by atoms with Crippen molar-refractivity contribution < 1.29 is 18.3 Å². The molecule has 1 aromatic carbocycles. The number of furan rings is 1. The number of halogens is 1. The SMILES string of the molecule is O=C(/C=C/c1ccco1)NCc1ccc(Oc2ccc(F)cc2)nc1. The highest BCUT2D eigenvalue weighted by atomic mass is 19.1. The van der Waals surface area contributed by atoms with Crippen LogP contribution < -0.4 is 10.1 Å². The summed E-state index contributed by atoms with van der Waals surface area (Å²) in [4.78, 5) is 15.9. The molecule has 2 aromatic heterocycles. The van der Waals surface area contributed by atoms with Gasteiger partial charge in [0, 0.05) is 24.9 Å². The Balaban J connectivity index is 1.50. The lowest BCUT2D eigenvalue weighted by Crippen LogP contribution is -2.20. The zero-order chi connectivity index (χ0) is 17.5. The molecule has 0 saturated carbocycles. The number of amides is 1. The lowest BCUT2D eigenvalue weighted by molar-refractivity contribution is -0.116. The zero-order valence-electron chi connectivity index (χ0n) is 13.2. The lowest BCUT2D eigenvalue weighted by Gasteiger charge is -2.06. The number of nitrogens with zero attached hydrogens (tertiary/aromatic N) is 1. The molecule has 0 spiro atoms. The highest BCUT2D eigenvalue weighted by Gasteiger charge is 2.02. The zero-order valence-corrected chi connectivity index (χ0v) is 13.2. The van der Waals surface area contributed by atoms with Crippen molar-refractivity contribution in [3.05, 3.63) is 84.2 Å². The maximum Gasteiger partial charge on any atom is 0.244 e. The first-order valence-corrected chi connectivity index (χ1v) is 7.57. The molecule has 0 aliphatic carbocycles.